The van der Waals surface area contributed by atoms with Crippen molar-refractivity contribution in [2.24, 2.45) is 0 Å². The first kappa shape index (κ1) is 18.7. The number of esters is 1. The molecule has 29 heavy (non-hydrogen) atoms. The van der Waals surface area contributed by atoms with Crippen LogP contribution in [0.5, 0.6) is 0 Å². The molecule has 4 rings (SSSR count). The quantitative estimate of drug-likeness (QED) is 0.611. The average Bonchev–Trinajstić information content (AvgIpc) is 2.78. The summed E-state index contributed by atoms with van der Waals surface area (Å²) in [5, 5.41) is 0. The van der Waals surface area contributed by atoms with Gasteiger partial charge in [0.15, 0.2) is 6.10 Å². The van der Waals surface area contributed by atoms with E-state index in [1.807, 2.05) is 91.0 Å². The molecule has 0 radical (unpaired) electrons. The number of carbonyl (C=O) groups excluding carboxylic acids is 2. The number of hydrogen-bond acceptors (Lipinski definition) is 4. The van der Waals surface area contributed by atoms with Gasteiger partial charge in [0.1, 0.15) is 19.2 Å². The molecular weight excluding hydrogens is 366 g/mol. The number of morpholine rings is 1. The zero-order valence-electron chi connectivity index (χ0n) is 15.8. The average molecular weight is 387 g/mol. The predicted octanol–water partition coefficient (Wildman–Crippen LogP) is 4.66. The van der Waals surface area contributed by atoms with Crippen LogP contribution in [0.3, 0.4) is 0 Å². The summed E-state index contributed by atoms with van der Waals surface area (Å²) in [6.45, 7) is -0.0146. The number of nitrogens with zero attached hydrogens (tertiary/aromatic N) is 1. The van der Waals surface area contributed by atoms with Gasteiger partial charge in [0.2, 0.25) is 0 Å². The standard InChI is InChI=1S/C24H21NO4/c26-21-16-25(24(27)28-17-18-10-4-1-5-11-18)22(19-12-6-2-7-13-19)23(29-21)20-14-8-3-9-15-20/h1-15,22-23H,16-17H2. The summed E-state index contributed by atoms with van der Waals surface area (Å²) in [6, 6.07) is 28.0. The van der Waals surface area contributed by atoms with Gasteiger partial charge in [0, 0.05) is 0 Å². The van der Waals surface area contributed by atoms with Crippen molar-refractivity contribution in [3.63, 3.8) is 0 Å². The Morgan fingerprint density at radius 3 is 2.03 bits per heavy atom. The third-order valence-corrected chi connectivity index (χ3v) is 4.89. The van der Waals surface area contributed by atoms with Gasteiger partial charge in [-0.2, -0.15) is 0 Å². The summed E-state index contributed by atoms with van der Waals surface area (Å²) in [7, 11) is 0. The second-order valence-corrected chi connectivity index (χ2v) is 6.84. The molecule has 1 aliphatic rings. The Hall–Kier alpha value is -3.60. The number of ether oxygens (including phenoxy) is 2. The molecular formula is C24H21NO4. The SMILES string of the molecule is O=C1CN(C(=O)OCc2ccccc2)C(c2ccccc2)C(c2ccccc2)O1. The van der Waals surface area contributed by atoms with Crippen molar-refractivity contribution in [3.05, 3.63) is 108 Å². The van der Waals surface area contributed by atoms with Gasteiger partial charge < -0.3 is 9.47 Å². The minimum Gasteiger partial charge on any atom is -0.454 e. The molecule has 0 N–H and O–H groups in total. The van der Waals surface area contributed by atoms with Crippen molar-refractivity contribution in [2.45, 2.75) is 18.8 Å². The predicted molar refractivity (Wildman–Crippen MR) is 108 cm³/mol. The van der Waals surface area contributed by atoms with Crippen LogP contribution < -0.4 is 0 Å². The second kappa shape index (κ2) is 8.61. The number of carbonyl (C=O) groups is 2. The van der Waals surface area contributed by atoms with Crippen LogP contribution in [0.25, 0.3) is 0 Å². The van der Waals surface area contributed by atoms with Crippen molar-refractivity contribution in [1.29, 1.82) is 0 Å². The monoisotopic (exact) mass is 387 g/mol. The molecule has 5 heteroatoms. The molecule has 0 saturated carbocycles. The number of rotatable bonds is 4. The highest BCUT2D eigenvalue weighted by atomic mass is 16.6. The van der Waals surface area contributed by atoms with Crippen LogP contribution in [-0.4, -0.2) is 23.5 Å². The van der Waals surface area contributed by atoms with Crippen LogP contribution in [0, 0.1) is 0 Å². The van der Waals surface area contributed by atoms with E-state index < -0.39 is 24.2 Å². The fraction of sp³-hybridized carbons (Fsp3) is 0.167. The van der Waals surface area contributed by atoms with Crippen LogP contribution >= 0.6 is 0 Å². The molecule has 0 aliphatic carbocycles. The Morgan fingerprint density at radius 1 is 0.862 bits per heavy atom. The van der Waals surface area contributed by atoms with Crippen molar-refractivity contribution in [2.75, 3.05) is 6.54 Å². The number of hydrogen-bond donors (Lipinski definition) is 0. The maximum Gasteiger partial charge on any atom is 0.411 e. The first-order valence-corrected chi connectivity index (χ1v) is 9.49. The van der Waals surface area contributed by atoms with E-state index in [0.29, 0.717) is 0 Å². The smallest absolute Gasteiger partial charge is 0.411 e. The van der Waals surface area contributed by atoms with Crippen LogP contribution in [0.4, 0.5) is 4.79 Å². The molecule has 3 aromatic carbocycles. The molecule has 2 atom stereocenters. The largest absolute Gasteiger partial charge is 0.454 e. The number of amides is 1. The molecule has 0 bridgehead atoms. The highest BCUT2D eigenvalue weighted by molar-refractivity contribution is 5.80. The minimum atomic E-state index is -0.607. The fourth-order valence-electron chi connectivity index (χ4n) is 3.52. The molecule has 146 valence electrons. The maximum absolute atomic E-state index is 13.0. The molecule has 1 saturated heterocycles. The van der Waals surface area contributed by atoms with Crippen LogP contribution in [-0.2, 0) is 20.9 Å². The number of cyclic esters (lactones) is 1. The maximum atomic E-state index is 13.0. The molecule has 1 aliphatic heterocycles. The Bertz CT molecular complexity index is 960. The third kappa shape index (κ3) is 4.29. The summed E-state index contributed by atoms with van der Waals surface area (Å²) >= 11 is 0. The zero-order valence-corrected chi connectivity index (χ0v) is 15.8. The van der Waals surface area contributed by atoms with Gasteiger partial charge in [-0.3, -0.25) is 9.69 Å². The van der Waals surface area contributed by atoms with Gasteiger partial charge >= 0.3 is 12.1 Å². The van der Waals surface area contributed by atoms with E-state index in [-0.39, 0.29) is 13.2 Å². The number of benzene rings is 3. The lowest BCUT2D eigenvalue weighted by Gasteiger charge is -2.40. The van der Waals surface area contributed by atoms with E-state index in [1.54, 1.807) is 0 Å². The van der Waals surface area contributed by atoms with Gasteiger partial charge in [-0.15, -0.1) is 0 Å². The highest BCUT2D eigenvalue weighted by Crippen LogP contribution is 2.40. The van der Waals surface area contributed by atoms with E-state index in [0.717, 1.165) is 16.7 Å². The molecule has 0 spiro atoms. The third-order valence-electron chi connectivity index (χ3n) is 4.89. The van der Waals surface area contributed by atoms with Crippen molar-refractivity contribution in [1.82, 2.24) is 4.90 Å². The Labute approximate surface area is 169 Å². The highest BCUT2D eigenvalue weighted by Gasteiger charge is 2.42. The van der Waals surface area contributed by atoms with Crippen molar-refractivity contribution >= 4 is 12.1 Å². The molecule has 1 heterocycles. The topological polar surface area (TPSA) is 55.8 Å². The van der Waals surface area contributed by atoms with Crippen molar-refractivity contribution in [3.8, 4) is 0 Å². The first-order chi connectivity index (χ1) is 14.2. The van der Waals surface area contributed by atoms with Gasteiger partial charge in [-0.05, 0) is 16.7 Å². The van der Waals surface area contributed by atoms with E-state index >= 15 is 0 Å². The van der Waals surface area contributed by atoms with Gasteiger partial charge in [0.05, 0.1) is 0 Å². The van der Waals surface area contributed by atoms with E-state index in [4.69, 9.17) is 9.47 Å². The lowest BCUT2D eigenvalue weighted by atomic mass is 9.93. The molecule has 1 amide bonds. The van der Waals surface area contributed by atoms with Gasteiger partial charge in [0.25, 0.3) is 0 Å². The normalized spacial score (nSPS) is 18.8. The second-order valence-electron chi connectivity index (χ2n) is 6.84. The van der Waals surface area contributed by atoms with E-state index in [2.05, 4.69) is 0 Å². The van der Waals surface area contributed by atoms with E-state index in [9.17, 15) is 9.59 Å². The Morgan fingerprint density at radius 2 is 1.41 bits per heavy atom. The zero-order chi connectivity index (χ0) is 20.1. The van der Waals surface area contributed by atoms with E-state index in [1.165, 1.54) is 4.90 Å². The molecule has 3 aromatic rings. The van der Waals surface area contributed by atoms with Crippen LogP contribution in [0.2, 0.25) is 0 Å². The fourth-order valence-corrected chi connectivity index (χ4v) is 3.52. The summed E-state index contributed by atoms with van der Waals surface area (Å²) in [5.74, 6) is -0.456. The Balaban J connectivity index is 1.64. The lowest BCUT2D eigenvalue weighted by molar-refractivity contribution is -0.164. The lowest BCUT2D eigenvalue weighted by Crippen LogP contribution is -2.47. The van der Waals surface area contributed by atoms with Crippen LogP contribution in [0.1, 0.15) is 28.8 Å². The van der Waals surface area contributed by atoms with Crippen LogP contribution in [0.15, 0.2) is 91.0 Å². The molecule has 5 nitrogen and oxygen atoms in total. The Kier molecular flexibility index (Phi) is 5.56. The van der Waals surface area contributed by atoms with Crippen molar-refractivity contribution < 1.29 is 19.1 Å². The van der Waals surface area contributed by atoms with Gasteiger partial charge in [-0.25, -0.2) is 4.79 Å². The first-order valence-electron chi connectivity index (χ1n) is 9.49. The molecule has 1 fully saturated rings. The van der Waals surface area contributed by atoms with Gasteiger partial charge in [-0.1, -0.05) is 91.0 Å². The summed E-state index contributed by atoms with van der Waals surface area (Å²) in [4.78, 5) is 26.8. The molecule has 0 aromatic heterocycles. The summed E-state index contributed by atoms with van der Waals surface area (Å²) < 4.78 is 11.2. The summed E-state index contributed by atoms with van der Waals surface area (Å²) in [6.07, 6.45) is -1.15. The minimum absolute atomic E-state index is 0.142. The summed E-state index contributed by atoms with van der Waals surface area (Å²) in [5.41, 5.74) is 2.59. The molecule has 2 unspecified atom stereocenters.